The van der Waals surface area contributed by atoms with Crippen LogP contribution in [-0.4, -0.2) is 93.5 Å². The summed E-state index contributed by atoms with van der Waals surface area (Å²) in [4.78, 5) is 15.5. The van der Waals surface area contributed by atoms with Gasteiger partial charge < -0.3 is 14.4 Å². The van der Waals surface area contributed by atoms with Crippen molar-refractivity contribution in [1.82, 2.24) is 13.5 Å². The van der Waals surface area contributed by atoms with Gasteiger partial charge in [-0.15, -0.1) is 0 Å². The molecule has 4 rings (SSSR count). The van der Waals surface area contributed by atoms with Gasteiger partial charge in [0.1, 0.15) is 0 Å². The van der Waals surface area contributed by atoms with Crippen molar-refractivity contribution in [1.29, 1.82) is 0 Å². The van der Waals surface area contributed by atoms with Gasteiger partial charge in [0.25, 0.3) is 10.2 Å². The topological polar surface area (TPSA) is 79.4 Å². The van der Waals surface area contributed by atoms with Crippen molar-refractivity contribution in [2.24, 2.45) is 0 Å². The SMILES string of the molecule is O=C(N1CCN(S(=O)(=O)N2CCOCC2)CC1)C1(c2cccc(Cl)c2)CCOCC1. The van der Waals surface area contributed by atoms with Gasteiger partial charge in [0, 0.05) is 57.5 Å². The molecular weight excluding hydrogens is 430 g/mol. The average molecular weight is 458 g/mol. The lowest BCUT2D eigenvalue weighted by atomic mass is 9.73. The van der Waals surface area contributed by atoms with E-state index in [1.165, 1.54) is 8.61 Å². The predicted octanol–water partition coefficient (Wildman–Crippen LogP) is 1.11. The van der Waals surface area contributed by atoms with Gasteiger partial charge in [0.15, 0.2) is 0 Å². The minimum atomic E-state index is -3.52. The van der Waals surface area contributed by atoms with Crippen LogP contribution in [0, 0.1) is 0 Å². The van der Waals surface area contributed by atoms with E-state index in [2.05, 4.69) is 0 Å². The number of carbonyl (C=O) groups is 1. The van der Waals surface area contributed by atoms with E-state index in [0.29, 0.717) is 83.6 Å². The summed E-state index contributed by atoms with van der Waals surface area (Å²) in [5.74, 6) is 0.0384. The van der Waals surface area contributed by atoms with Crippen molar-refractivity contribution in [3.8, 4) is 0 Å². The van der Waals surface area contributed by atoms with E-state index in [-0.39, 0.29) is 5.91 Å². The van der Waals surface area contributed by atoms with Crippen LogP contribution in [0.2, 0.25) is 5.02 Å². The molecule has 0 aliphatic carbocycles. The number of ether oxygens (including phenoxy) is 2. The Morgan fingerprint density at radius 3 is 2.13 bits per heavy atom. The molecule has 3 heterocycles. The largest absolute Gasteiger partial charge is 0.381 e. The first-order valence-corrected chi connectivity index (χ1v) is 12.2. The molecule has 0 spiro atoms. The molecule has 0 radical (unpaired) electrons. The molecule has 166 valence electrons. The highest BCUT2D eigenvalue weighted by molar-refractivity contribution is 7.86. The molecule has 1 aromatic rings. The highest BCUT2D eigenvalue weighted by Crippen LogP contribution is 2.38. The fourth-order valence-electron chi connectivity index (χ4n) is 4.50. The van der Waals surface area contributed by atoms with Crippen LogP contribution in [0.3, 0.4) is 0 Å². The van der Waals surface area contributed by atoms with Gasteiger partial charge in [-0.1, -0.05) is 23.7 Å². The van der Waals surface area contributed by atoms with E-state index in [1.807, 2.05) is 18.2 Å². The summed E-state index contributed by atoms with van der Waals surface area (Å²) < 4.78 is 39.6. The van der Waals surface area contributed by atoms with Gasteiger partial charge in [-0.3, -0.25) is 4.79 Å². The minimum Gasteiger partial charge on any atom is -0.381 e. The van der Waals surface area contributed by atoms with Crippen LogP contribution in [0.15, 0.2) is 24.3 Å². The first-order chi connectivity index (χ1) is 14.4. The number of halogens is 1. The third-order valence-corrected chi connectivity index (χ3v) is 8.55. The first-order valence-electron chi connectivity index (χ1n) is 10.4. The molecule has 1 amide bonds. The smallest absolute Gasteiger partial charge is 0.282 e. The molecule has 0 unspecified atom stereocenters. The summed E-state index contributed by atoms with van der Waals surface area (Å²) in [7, 11) is -3.52. The number of carbonyl (C=O) groups excluding carboxylic acids is 1. The molecule has 8 nitrogen and oxygen atoms in total. The van der Waals surface area contributed by atoms with E-state index in [0.717, 1.165) is 5.56 Å². The number of piperazine rings is 1. The zero-order valence-corrected chi connectivity index (χ0v) is 18.5. The molecule has 10 heteroatoms. The molecule has 1 aromatic carbocycles. The van der Waals surface area contributed by atoms with E-state index in [4.69, 9.17) is 21.1 Å². The van der Waals surface area contributed by atoms with Gasteiger partial charge in [-0.05, 0) is 30.5 Å². The maximum Gasteiger partial charge on any atom is 0.282 e. The molecule has 30 heavy (non-hydrogen) atoms. The van der Waals surface area contributed by atoms with Crippen LogP contribution in [0.1, 0.15) is 18.4 Å². The normalized spacial score (nSPS) is 24.0. The van der Waals surface area contributed by atoms with E-state index in [1.54, 1.807) is 11.0 Å². The van der Waals surface area contributed by atoms with Crippen LogP contribution in [0.25, 0.3) is 0 Å². The van der Waals surface area contributed by atoms with Crippen molar-refractivity contribution < 1.29 is 22.7 Å². The third kappa shape index (κ3) is 4.24. The Labute approximate surface area is 182 Å². The second kappa shape index (κ2) is 9.10. The molecule has 3 aliphatic heterocycles. The molecule has 0 atom stereocenters. The molecule has 0 N–H and O–H groups in total. The van der Waals surface area contributed by atoms with Gasteiger partial charge in [0.2, 0.25) is 5.91 Å². The Bertz CT molecular complexity index is 861. The Balaban J connectivity index is 1.48. The fourth-order valence-corrected chi connectivity index (χ4v) is 6.25. The lowest BCUT2D eigenvalue weighted by molar-refractivity contribution is -0.142. The highest BCUT2D eigenvalue weighted by atomic mass is 35.5. The summed E-state index contributed by atoms with van der Waals surface area (Å²) >= 11 is 6.22. The summed E-state index contributed by atoms with van der Waals surface area (Å²) in [6, 6.07) is 7.49. The maximum atomic E-state index is 13.7. The van der Waals surface area contributed by atoms with Crippen LogP contribution in [-0.2, 0) is 29.9 Å². The number of hydrogen-bond donors (Lipinski definition) is 0. The Kier molecular flexibility index (Phi) is 6.67. The molecule has 3 fully saturated rings. The van der Waals surface area contributed by atoms with Crippen molar-refractivity contribution in [2.75, 3.05) is 65.7 Å². The van der Waals surface area contributed by atoms with Crippen LogP contribution < -0.4 is 0 Å². The average Bonchev–Trinajstić information content (AvgIpc) is 2.80. The van der Waals surface area contributed by atoms with Crippen molar-refractivity contribution in [2.45, 2.75) is 18.3 Å². The van der Waals surface area contributed by atoms with E-state index in [9.17, 15) is 13.2 Å². The van der Waals surface area contributed by atoms with Crippen molar-refractivity contribution >= 4 is 27.7 Å². The predicted molar refractivity (Wildman–Crippen MR) is 113 cm³/mol. The van der Waals surface area contributed by atoms with Crippen molar-refractivity contribution in [3.63, 3.8) is 0 Å². The summed E-state index contributed by atoms with van der Waals surface area (Å²) in [6.07, 6.45) is 1.19. The zero-order chi connectivity index (χ0) is 21.2. The van der Waals surface area contributed by atoms with E-state index >= 15 is 0 Å². The fraction of sp³-hybridized carbons (Fsp3) is 0.650. The molecular formula is C20H28ClN3O5S. The van der Waals surface area contributed by atoms with Gasteiger partial charge in [-0.2, -0.15) is 17.0 Å². The lowest BCUT2D eigenvalue weighted by Gasteiger charge is -2.43. The number of benzene rings is 1. The monoisotopic (exact) mass is 457 g/mol. The van der Waals surface area contributed by atoms with E-state index < -0.39 is 15.6 Å². The standard InChI is InChI=1S/C20H28ClN3O5S/c21-18-3-1-2-17(16-18)20(4-12-28-13-5-20)19(25)22-6-8-23(9-7-22)30(26,27)24-10-14-29-15-11-24/h1-3,16H,4-15H2. The van der Waals surface area contributed by atoms with Gasteiger partial charge >= 0.3 is 0 Å². The minimum absolute atomic E-state index is 0.0384. The molecule has 0 bridgehead atoms. The Morgan fingerprint density at radius 1 is 0.900 bits per heavy atom. The quantitative estimate of drug-likeness (QED) is 0.676. The summed E-state index contributed by atoms with van der Waals surface area (Å²) in [5, 5.41) is 0.604. The zero-order valence-electron chi connectivity index (χ0n) is 17.0. The van der Waals surface area contributed by atoms with Crippen LogP contribution in [0.4, 0.5) is 0 Å². The van der Waals surface area contributed by atoms with Crippen LogP contribution >= 0.6 is 11.6 Å². The molecule has 3 saturated heterocycles. The Morgan fingerprint density at radius 2 is 1.50 bits per heavy atom. The molecule has 0 saturated carbocycles. The number of amides is 1. The first kappa shape index (κ1) is 22.0. The van der Waals surface area contributed by atoms with Crippen molar-refractivity contribution in [3.05, 3.63) is 34.9 Å². The van der Waals surface area contributed by atoms with Gasteiger partial charge in [-0.25, -0.2) is 0 Å². The van der Waals surface area contributed by atoms with Gasteiger partial charge in [0.05, 0.1) is 18.6 Å². The maximum absolute atomic E-state index is 13.7. The second-order valence-corrected chi connectivity index (χ2v) is 10.3. The number of hydrogen-bond acceptors (Lipinski definition) is 5. The number of nitrogens with zero attached hydrogens (tertiary/aromatic N) is 3. The third-order valence-electron chi connectivity index (χ3n) is 6.28. The number of morpholine rings is 1. The summed E-state index contributed by atoms with van der Waals surface area (Å²) in [6.45, 7) is 3.98. The summed E-state index contributed by atoms with van der Waals surface area (Å²) in [5.41, 5.74) is 0.237. The number of rotatable bonds is 4. The Hall–Kier alpha value is -1.23. The van der Waals surface area contributed by atoms with Crippen LogP contribution in [0.5, 0.6) is 0 Å². The highest BCUT2D eigenvalue weighted by Gasteiger charge is 2.45. The molecule has 3 aliphatic rings. The molecule has 0 aromatic heterocycles. The lowest BCUT2D eigenvalue weighted by Crippen LogP contribution is -2.59. The second-order valence-electron chi connectivity index (χ2n) is 7.92.